The Labute approximate surface area is 123 Å². The fourth-order valence-electron chi connectivity index (χ4n) is 2.50. The molecule has 0 spiro atoms. The Balaban J connectivity index is 2.26. The molecule has 2 rings (SSSR count). The van der Waals surface area contributed by atoms with E-state index in [1.807, 2.05) is 32.0 Å². The number of hydrogen-bond acceptors (Lipinski definition) is 3. The molecule has 2 aromatic rings. The minimum Gasteiger partial charge on any atom is -0.480 e. The lowest BCUT2D eigenvalue weighted by Crippen LogP contribution is -2.40. The van der Waals surface area contributed by atoms with Gasteiger partial charge in [-0.05, 0) is 23.6 Å². The summed E-state index contributed by atoms with van der Waals surface area (Å²) in [6.07, 6.45) is 0. The highest BCUT2D eigenvalue weighted by molar-refractivity contribution is 5.77. The van der Waals surface area contributed by atoms with Gasteiger partial charge in [-0.3, -0.25) is 13.9 Å². The predicted octanol–water partition coefficient (Wildman–Crippen LogP) is 1.08. The Morgan fingerprint density at radius 1 is 1.24 bits per heavy atom. The zero-order valence-corrected chi connectivity index (χ0v) is 12.8. The van der Waals surface area contributed by atoms with E-state index in [1.54, 1.807) is 23.2 Å². The standard InChI is InChI=1S/C15H21N3O3/c1-9(2)13(14(19)20)16-8-10-5-6-11-12(7-10)18(4)15(21)17(11)3/h5-7,9,13,16H,8H2,1-4H3,(H,19,20)/t13-/m0/s1. The number of benzene rings is 1. The SMILES string of the molecule is CC(C)[C@H](NCc1ccc2c(c1)n(C)c(=O)n2C)C(=O)O. The molecule has 0 saturated carbocycles. The average molecular weight is 291 g/mol. The van der Waals surface area contributed by atoms with E-state index in [0.29, 0.717) is 6.54 Å². The molecule has 0 bridgehead atoms. The van der Waals surface area contributed by atoms with Crippen LogP contribution >= 0.6 is 0 Å². The second-order valence-corrected chi connectivity index (χ2v) is 5.66. The molecule has 1 atom stereocenters. The van der Waals surface area contributed by atoms with E-state index in [1.165, 1.54) is 0 Å². The normalized spacial score (nSPS) is 13.0. The van der Waals surface area contributed by atoms with Crippen LogP contribution in [0.1, 0.15) is 19.4 Å². The first-order valence-corrected chi connectivity index (χ1v) is 6.93. The fraction of sp³-hybridized carbons (Fsp3) is 0.467. The Morgan fingerprint density at radius 2 is 1.86 bits per heavy atom. The van der Waals surface area contributed by atoms with Gasteiger partial charge in [0.05, 0.1) is 11.0 Å². The number of fused-ring (bicyclic) bond motifs is 1. The maximum Gasteiger partial charge on any atom is 0.328 e. The molecule has 2 N–H and O–H groups in total. The predicted molar refractivity (Wildman–Crippen MR) is 81.3 cm³/mol. The van der Waals surface area contributed by atoms with Crippen molar-refractivity contribution < 1.29 is 9.90 Å². The number of nitrogens with one attached hydrogen (secondary N) is 1. The number of nitrogens with zero attached hydrogens (tertiary/aromatic N) is 2. The summed E-state index contributed by atoms with van der Waals surface area (Å²) in [4.78, 5) is 23.0. The molecule has 6 heteroatoms. The zero-order chi connectivity index (χ0) is 15.7. The van der Waals surface area contributed by atoms with Crippen molar-refractivity contribution in [1.82, 2.24) is 14.5 Å². The highest BCUT2D eigenvalue weighted by Gasteiger charge is 2.20. The highest BCUT2D eigenvalue weighted by Crippen LogP contribution is 2.14. The van der Waals surface area contributed by atoms with Crippen molar-refractivity contribution in [3.05, 3.63) is 34.2 Å². The number of carbonyl (C=O) groups is 1. The third kappa shape index (κ3) is 2.85. The molecule has 0 saturated heterocycles. The summed E-state index contributed by atoms with van der Waals surface area (Å²) in [5.74, 6) is -0.842. The lowest BCUT2D eigenvalue weighted by molar-refractivity contribution is -0.140. The van der Waals surface area contributed by atoms with Gasteiger partial charge in [-0.1, -0.05) is 19.9 Å². The van der Waals surface area contributed by atoms with E-state index in [9.17, 15) is 9.59 Å². The van der Waals surface area contributed by atoms with E-state index < -0.39 is 12.0 Å². The van der Waals surface area contributed by atoms with Gasteiger partial charge in [-0.15, -0.1) is 0 Å². The van der Waals surface area contributed by atoms with Crippen LogP contribution in [0.2, 0.25) is 0 Å². The van der Waals surface area contributed by atoms with Crippen LogP contribution in [0.3, 0.4) is 0 Å². The molecule has 0 aliphatic carbocycles. The molecule has 1 aromatic carbocycles. The minimum absolute atomic E-state index is 0.00677. The van der Waals surface area contributed by atoms with Gasteiger partial charge in [-0.25, -0.2) is 4.79 Å². The van der Waals surface area contributed by atoms with Crippen LogP contribution in [0.15, 0.2) is 23.0 Å². The van der Waals surface area contributed by atoms with Gasteiger partial charge >= 0.3 is 11.7 Å². The lowest BCUT2D eigenvalue weighted by atomic mass is 10.0. The molecule has 114 valence electrons. The Morgan fingerprint density at radius 3 is 2.43 bits per heavy atom. The van der Waals surface area contributed by atoms with Crippen LogP contribution in [-0.4, -0.2) is 26.3 Å². The van der Waals surface area contributed by atoms with Crippen molar-refractivity contribution in [2.24, 2.45) is 20.0 Å². The van der Waals surface area contributed by atoms with Gasteiger partial charge in [0.1, 0.15) is 6.04 Å². The van der Waals surface area contributed by atoms with Crippen molar-refractivity contribution >= 4 is 17.0 Å². The first-order chi connectivity index (χ1) is 9.82. The molecule has 0 radical (unpaired) electrons. The topological polar surface area (TPSA) is 76.3 Å². The molecular formula is C15H21N3O3. The van der Waals surface area contributed by atoms with E-state index in [2.05, 4.69) is 5.32 Å². The first-order valence-electron chi connectivity index (χ1n) is 6.93. The monoisotopic (exact) mass is 291 g/mol. The molecule has 21 heavy (non-hydrogen) atoms. The third-order valence-electron chi connectivity index (χ3n) is 3.80. The minimum atomic E-state index is -0.849. The molecule has 6 nitrogen and oxygen atoms in total. The summed E-state index contributed by atoms with van der Waals surface area (Å²) in [5, 5.41) is 12.2. The second-order valence-electron chi connectivity index (χ2n) is 5.66. The van der Waals surface area contributed by atoms with Crippen molar-refractivity contribution in [2.45, 2.75) is 26.4 Å². The maximum atomic E-state index is 11.9. The summed E-state index contributed by atoms with van der Waals surface area (Å²) in [6.45, 7) is 4.19. The largest absolute Gasteiger partial charge is 0.480 e. The van der Waals surface area contributed by atoms with E-state index in [4.69, 9.17) is 5.11 Å². The smallest absolute Gasteiger partial charge is 0.328 e. The Kier molecular flexibility index (Phi) is 4.18. The van der Waals surface area contributed by atoms with Crippen LogP contribution in [0.4, 0.5) is 0 Å². The summed E-state index contributed by atoms with van der Waals surface area (Å²) in [7, 11) is 3.47. The lowest BCUT2D eigenvalue weighted by Gasteiger charge is -2.18. The molecule has 0 unspecified atom stereocenters. The maximum absolute atomic E-state index is 11.9. The molecule has 1 aromatic heterocycles. The van der Waals surface area contributed by atoms with E-state index >= 15 is 0 Å². The summed E-state index contributed by atoms with van der Waals surface area (Å²) < 4.78 is 3.19. The van der Waals surface area contributed by atoms with Crippen LogP contribution in [0.25, 0.3) is 11.0 Å². The quantitative estimate of drug-likeness (QED) is 0.864. The Bertz CT molecular complexity index is 728. The van der Waals surface area contributed by atoms with Crippen LogP contribution in [0.5, 0.6) is 0 Å². The van der Waals surface area contributed by atoms with Crippen molar-refractivity contribution in [3.63, 3.8) is 0 Å². The van der Waals surface area contributed by atoms with Gasteiger partial charge in [-0.2, -0.15) is 0 Å². The summed E-state index contributed by atoms with van der Waals surface area (Å²) >= 11 is 0. The van der Waals surface area contributed by atoms with Crippen molar-refractivity contribution in [3.8, 4) is 0 Å². The molecular weight excluding hydrogens is 270 g/mol. The number of aromatic nitrogens is 2. The number of aliphatic carboxylic acids is 1. The summed E-state index contributed by atoms with van der Waals surface area (Å²) in [5.41, 5.74) is 2.60. The molecule has 0 fully saturated rings. The van der Waals surface area contributed by atoms with Crippen LogP contribution < -0.4 is 11.0 Å². The molecule has 1 heterocycles. The third-order valence-corrected chi connectivity index (χ3v) is 3.80. The number of carboxylic acid groups (broad SMARTS) is 1. The van der Waals surface area contributed by atoms with Crippen molar-refractivity contribution in [2.75, 3.05) is 0 Å². The highest BCUT2D eigenvalue weighted by atomic mass is 16.4. The number of aryl methyl sites for hydroxylation is 2. The Hall–Kier alpha value is -2.08. The number of imidazole rings is 1. The van der Waals surface area contributed by atoms with Crippen molar-refractivity contribution in [1.29, 1.82) is 0 Å². The number of hydrogen-bond donors (Lipinski definition) is 2. The van der Waals surface area contributed by atoms with Gasteiger partial charge < -0.3 is 10.4 Å². The van der Waals surface area contributed by atoms with Crippen LogP contribution in [-0.2, 0) is 25.4 Å². The van der Waals surface area contributed by atoms with E-state index in [-0.39, 0.29) is 11.6 Å². The second kappa shape index (κ2) is 5.73. The van der Waals surface area contributed by atoms with Gasteiger partial charge in [0.15, 0.2) is 0 Å². The van der Waals surface area contributed by atoms with Gasteiger partial charge in [0.25, 0.3) is 0 Å². The van der Waals surface area contributed by atoms with E-state index in [0.717, 1.165) is 16.6 Å². The number of rotatable bonds is 5. The van der Waals surface area contributed by atoms with Crippen LogP contribution in [0, 0.1) is 5.92 Å². The fourth-order valence-corrected chi connectivity index (χ4v) is 2.50. The molecule has 0 aliphatic heterocycles. The average Bonchev–Trinajstić information content (AvgIpc) is 2.63. The van der Waals surface area contributed by atoms with Gasteiger partial charge in [0.2, 0.25) is 0 Å². The summed E-state index contributed by atoms with van der Waals surface area (Å²) in [6, 6.07) is 5.14. The molecule has 0 aliphatic rings. The number of carboxylic acids is 1. The van der Waals surface area contributed by atoms with Gasteiger partial charge in [0, 0.05) is 20.6 Å². The molecule has 0 amide bonds. The first kappa shape index (κ1) is 15.3. The zero-order valence-electron chi connectivity index (χ0n) is 12.8.